The second-order valence-corrected chi connectivity index (χ2v) is 4.40. The first-order valence-electron chi connectivity index (χ1n) is 3.78. The van der Waals surface area contributed by atoms with E-state index in [1.165, 1.54) is 0 Å². The van der Waals surface area contributed by atoms with Gasteiger partial charge in [0.15, 0.2) is 0 Å². The van der Waals surface area contributed by atoms with Crippen molar-refractivity contribution in [3.05, 3.63) is 27.7 Å². The standard InChI is InChI=1S/C7H8F2N2O3S/c1-3-5(6(8)9)4(15(10,13)14)2-11-7(3)12/h2,6H,1H3,(H,11,12)(H2,10,13,14). The topological polar surface area (TPSA) is 93.0 Å². The van der Waals surface area contributed by atoms with Crippen LogP contribution < -0.4 is 10.7 Å². The van der Waals surface area contributed by atoms with Crippen LogP contribution in [-0.2, 0) is 10.0 Å². The number of halogens is 2. The fraction of sp³-hybridized carbons (Fsp3) is 0.286. The van der Waals surface area contributed by atoms with Crippen LogP contribution in [-0.4, -0.2) is 13.4 Å². The summed E-state index contributed by atoms with van der Waals surface area (Å²) in [7, 11) is -4.27. The first-order chi connectivity index (χ1) is 6.75. The summed E-state index contributed by atoms with van der Waals surface area (Å²) in [5.41, 5.74) is -1.96. The van der Waals surface area contributed by atoms with Crippen molar-refractivity contribution in [2.75, 3.05) is 0 Å². The van der Waals surface area contributed by atoms with Gasteiger partial charge in [-0.25, -0.2) is 22.3 Å². The molecule has 0 aliphatic rings. The molecule has 1 heterocycles. The lowest BCUT2D eigenvalue weighted by Gasteiger charge is -2.08. The molecule has 1 rings (SSSR count). The van der Waals surface area contributed by atoms with Crippen LogP contribution in [0, 0.1) is 6.92 Å². The highest BCUT2D eigenvalue weighted by Crippen LogP contribution is 2.26. The summed E-state index contributed by atoms with van der Waals surface area (Å²) in [6, 6.07) is 0. The van der Waals surface area contributed by atoms with E-state index in [0.29, 0.717) is 6.20 Å². The van der Waals surface area contributed by atoms with Crippen molar-refractivity contribution in [3.63, 3.8) is 0 Å². The van der Waals surface area contributed by atoms with Crippen molar-refractivity contribution in [1.82, 2.24) is 4.98 Å². The number of primary sulfonamides is 1. The molecule has 0 amide bonds. The molecule has 0 radical (unpaired) electrons. The summed E-state index contributed by atoms with van der Waals surface area (Å²) >= 11 is 0. The molecule has 0 saturated carbocycles. The zero-order valence-electron chi connectivity index (χ0n) is 7.62. The quantitative estimate of drug-likeness (QED) is 0.774. The van der Waals surface area contributed by atoms with Gasteiger partial charge < -0.3 is 4.98 Å². The van der Waals surface area contributed by atoms with Gasteiger partial charge in [0.2, 0.25) is 10.0 Å². The van der Waals surface area contributed by atoms with Crippen LogP contribution in [0.4, 0.5) is 8.78 Å². The van der Waals surface area contributed by atoms with Gasteiger partial charge in [-0.05, 0) is 6.92 Å². The van der Waals surface area contributed by atoms with Crippen LogP contribution in [0.25, 0.3) is 0 Å². The molecule has 0 fully saturated rings. The smallest absolute Gasteiger partial charge is 0.265 e. The molecule has 0 aliphatic heterocycles. The van der Waals surface area contributed by atoms with Gasteiger partial charge in [0.1, 0.15) is 4.90 Å². The van der Waals surface area contributed by atoms with E-state index in [1.54, 1.807) is 0 Å². The second kappa shape index (κ2) is 3.70. The zero-order chi connectivity index (χ0) is 11.8. The Morgan fingerprint density at radius 1 is 1.47 bits per heavy atom. The number of alkyl halides is 2. The molecule has 0 bridgehead atoms. The Morgan fingerprint density at radius 3 is 2.40 bits per heavy atom. The minimum atomic E-state index is -4.27. The van der Waals surface area contributed by atoms with E-state index >= 15 is 0 Å². The lowest BCUT2D eigenvalue weighted by Crippen LogP contribution is -2.21. The molecule has 5 nitrogen and oxygen atoms in total. The maximum Gasteiger partial charge on any atom is 0.265 e. The van der Waals surface area contributed by atoms with Crippen molar-refractivity contribution in [2.24, 2.45) is 5.14 Å². The third kappa shape index (κ3) is 2.21. The van der Waals surface area contributed by atoms with Gasteiger partial charge in [-0.15, -0.1) is 0 Å². The van der Waals surface area contributed by atoms with Crippen molar-refractivity contribution >= 4 is 10.0 Å². The Hall–Kier alpha value is -1.28. The average molecular weight is 238 g/mol. The number of aromatic amines is 1. The predicted octanol–water partition coefficient (Wildman–Crippen LogP) is 0.268. The van der Waals surface area contributed by atoms with E-state index in [0.717, 1.165) is 6.92 Å². The molecule has 0 atom stereocenters. The summed E-state index contributed by atoms with van der Waals surface area (Å²) in [5.74, 6) is 0. The van der Waals surface area contributed by atoms with E-state index in [4.69, 9.17) is 5.14 Å². The van der Waals surface area contributed by atoms with Crippen LogP contribution in [0.15, 0.2) is 15.9 Å². The fourth-order valence-corrected chi connectivity index (χ4v) is 1.90. The molecule has 15 heavy (non-hydrogen) atoms. The maximum atomic E-state index is 12.5. The van der Waals surface area contributed by atoms with Crippen LogP contribution in [0.2, 0.25) is 0 Å². The Kier molecular flexibility index (Phi) is 2.91. The number of hydrogen-bond donors (Lipinski definition) is 2. The van der Waals surface area contributed by atoms with Crippen LogP contribution >= 0.6 is 0 Å². The molecule has 3 N–H and O–H groups in total. The molecular weight excluding hydrogens is 230 g/mol. The van der Waals surface area contributed by atoms with Gasteiger partial charge in [0, 0.05) is 17.3 Å². The highest BCUT2D eigenvalue weighted by molar-refractivity contribution is 7.89. The Morgan fingerprint density at radius 2 is 2.00 bits per heavy atom. The largest absolute Gasteiger partial charge is 0.327 e. The lowest BCUT2D eigenvalue weighted by atomic mass is 10.1. The molecule has 1 aromatic rings. The molecular formula is C7H8F2N2O3S. The molecule has 84 valence electrons. The highest BCUT2D eigenvalue weighted by Gasteiger charge is 2.24. The van der Waals surface area contributed by atoms with E-state index in [1.807, 2.05) is 4.98 Å². The first kappa shape index (κ1) is 11.8. The van der Waals surface area contributed by atoms with Gasteiger partial charge in [0.25, 0.3) is 12.0 Å². The average Bonchev–Trinajstić information content (AvgIpc) is 2.06. The number of rotatable bonds is 2. The zero-order valence-corrected chi connectivity index (χ0v) is 8.44. The summed E-state index contributed by atoms with van der Waals surface area (Å²) in [6.07, 6.45) is -2.40. The van der Waals surface area contributed by atoms with Gasteiger partial charge >= 0.3 is 0 Å². The summed E-state index contributed by atoms with van der Waals surface area (Å²) < 4.78 is 46.9. The summed E-state index contributed by atoms with van der Waals surface area (Å²) in [5, 5.41) is 4.73. The lowest BCUT2D eigenvalue weighted by molar-refractivity contribution is 0.146. The van der Waals surface area contributed by atoms with Crippen LogP contribution in [0.5, 0.6) is 0 Å². The van der Waals surface area contributed by atoms with Gasteiger partial charge in [0.05, 0.1) is 0 Å². The number of H-pyrrole nitrogens is 1. The fourth-order valence-electron chi connectivity index (χ4n) is 1.13. The third-order valence-electron chi connectivity index (χ3n) is 1.87. The highest BCUT2D eigenvalue weighted by atomic mass is 32.2. The minimum Gasteiger partial charge on any atom is -0.327 e. The van der Waals surface area contributed by atoms with E-state index in [2.05, 4.69) is 0 Å². The molecule has 0 saturated heterocycles. The van der Waals surface area contributed by atoms with E-state index in [9.17, 15) is 22.0 Å². The van der Waals surface area contributed by atoms with Crippen molar-refractivity contribution in [2.45, 2.75) is 18.2 Å². The van der Waals surface area contributed by atoms with Crippen molar-refractivity contribution in [3.8, 4) is 0 Å². The summed E-state index contributed by atoms with van der Waals surface area (Å²) in [6.45, 7) is 1.11. The molecule has 1 aromatic heterocycles. The monoisotopic (exact) mass is 238 g/mol. The Labute approximate surface area is 84.0 Å². The Bertz CT molecular complexity index is 536. The molecule has 0 aromatic carbocycles. The predicted molar refractivity (Wildman–Crippen MR) is 48.1 cm³/mol. The van der Waals surface area contributed by atoms with Crippen molar-refractivity contribution in [1.29, 1.82) is 0 Å². The SMILES string of the molecule is Cc1c(C(F)F)c(S(N)(=O)=O)c[nH]c1=O. The third-order valence-corrected chi connectivity index (χ3v) is 2.82. The van der Waals surface area contributed by atoms with E-state index in [-0.39, 0.29) is 5.56 Å². The number of nitrogens with one attached hydrogen (secondary N) is 1. The minimum absolute atomic E-state index is 0.350. The number of aromatic nitrogens is 1. The molecule has 0 aliphatic carbocycles. The first-order valence-corrected chi connectivity index (χ1v) is 5.33. The number of hydrogen-bond acceptors (Lipinski definition) is 3. The number of pyridine rings is 1. The number of sulfonamides is 1. The molecule has 0 spiro atoms. The Balaban J connectivity index is 3.70. The second-order valence-electron chi connectivity index (χ2n) is 2.87. The van der Waals surface area contributed by atoms with Crippen LogP contribution in [0.1, 0.15) is 17.6 Å². The van der Waals surface area contributed by atoms with Gasteiger partial charge in [-0.2, -0.15) is 0 Å². The molecule has 0 unspecified atom stereocenters. The van der Waals surface area contributed by atoms with Gasteiger partial charge in [-0.3, -0.25) is 4.79 Å². The van der Waals surface area contributed by atoms with Crippen LogP contribution in [0.3, 0.4) is 0 Å². The molecule has 8 heteroatoms. The van der Waals surface area contributed by atoms with Crippen molar-refractivity contribution < 1.29 is 17.2 Å². The maximum absolute atomic E-state index is 12.5. The number of nitrogens with two attached hydrogens (primary N) is 1. The van der Waals surface area contributed by atoms with E-state index < -0.39 is 32.5 Å². The van der Waals surface area contributed by atoms with Gasteiger partial charge in [-0.1, -0.05) is 0 Å². The summed E-state index contributed by atoms with van der Waals surface area (Å²) in [4.78, 5) is 12.3. The normalized spacial score (nSPS) is 12.1.